The van der Waals surface area contributed by atoms with Crippen LogP contribution < -0.4 is 4.74 Å². The third-order valence-electron chi connectivity index (χ3n) is 5.86. The average Bonchev–Trinajstić information content (AvgIpc) is 3.35. The summed E-state index contributed by atoms with van der Waals surface area (Å²) in [6.45, 7) is 5.44. The van der Waals surface area contributed by atoms with Crippen LogP contribution in [0.3, 0.4) is 0 Å². The Labute approximate surface area is 192 Å². The zero-order valence-corrected chi connectivity index (χ0v) is 18.6. The average molecular weight is 446 g/mol. The highest BCUT2D eigenvalue weighted by atomic mass is 16.5. The molecular weight excluding hydrogens is 418 g/mol. The van der Waals surface area contributed by atoms with Crippen molar-refractivity contribution in [2.75, 3.05) is 33.3 Å². The summed E-state index contributed by atoms with van der Waals surface area (Å²) in [4.78, 5) is 33.5. The van der Waals surface area contributed by atoms with Crippen LogP contribution in [0, 0.1) is 5.92 Å². The number of rotatable bonds is 7. The van der Waals surface area contributed by atoms with Gasteiger partial charge >= 0.3 is 0 Å². The molecule has 4 rings (SSSR count). The molecule has 1 fully saturated rings. The van der Waals surface area contributed by atoms with Gasteiger partial charge in [0.1, 0.15) is 12.1 Å². The van der Waals surface area contributed by atoms with Crippen molar-refractivity contribution in [3.63, 3.8) is 0 Å². The van der Waals surface area contributed by atoms with Crippen LogP contribution in [0.2, 0.25) is 0 Å². The number of nitrogens with one attached hydrogen (secondary N) is 1. The first-order valence-electron chi connectivity index (χ1n) is 10.9. The highest BCUT2D eigenvalue weighted by Crippen LogP contribution is 2.24. The molecule has 0 saturated carbocycles. The summed E-state index contributed by atoms with van der Waals surface area (Å²) in [6, 6.07) is 16.1. The molecule has 2 amide bonds. The maximum absolute atomic E-state index is 13.2. The van der Waals surface area contributed by atoms with E-state index in [-0.39, 0.29) is 23.6 Å². The first kappa shape index (κ1) is 22.3. The molecule has 0 spiro atoms. The van der Waals surface area contributed by atoms with Crippen LogP contribution in [0.4, 0.5) is 0 Å². The number of methoxy groups -OCH3 is 1. The van der Waals surface area contributed by atoms with Gasteiger partial charge in [-0.05, 0) is 35.2 Å². The van der Waals surface area contributed by atoms with E-state index in [0.717, 1.165) is 22.4 Å². The number of carbonyl (C=O) groups is 2. The van der Waals surface area contributed by atoms with Crippen LogP contribution in [0.15, 0.2) is 67.5 Å². The summed E-state index contributed by atoms with van der Waals surface area (Å²) in [5.41, 5.74) is 3.22. The molecule has 0 radical (unpaired) electrons. The van der Waals surface area contributed by atoms with Crippen LogP contribution in [0.1, 0.15) is 16.2 Å². The van der Waals surface area contributed by atoms with Gasteiger partial charge in [-0.3, -0.25) is 14.7 Å². The Morgan fingerprint density at radius 1 is 1.15 bits per heavy atom. The number of amides is 2. The van der Waals surface area contributed by atoms with E-state index in [2.05, 4.69) is 33.9 Å². The molecule has 1 saturated heterocycles. The molecule has 1 aromatic heterocycles. The smallest absolute Gasteiger partial charge is 0.291 e. The fourth-order valence-corrected chi connectivity index (χ4v) is 4.08. The molecule has 33 heavy (non-hydrogen) atoms. The van der Waals surface area contributed by atoms with Crippen molar-refractivity contribution in [3.05, 3.63) is 78.9 Å². The van der Waals surface area contributed by atoms with Gasteiger partial charge in [0.15, 0.2) is 0 Å². The van der Waals surface area contributed by atoms with Crippen molar-refractivity contribution in [3.8, 4) is 16.9 Å². The van der Waals surface area contributed by atoms with Crippen molar-refractivity contribution < 1.29 is 14.3 Å². The number of aromatic amines is 1. The summed E-state index contributed by atoms with van der Waals surface area (Å²) in [5, 5.41) is 6.39. The minimum absolute atomic E-state index is 0.0296. The summed E-state index contributed by atoms with van der Waals surface area (Å²) in [6.07, 6.45) is 3.56. The molecule has 1 atom stereocenters. The third-order valence-corrected chi connectivity index (χ3v) is 5.86. The lowest BCUT2D eigenvalue weighted by Gasteiger charge is -2.23. The summed E-state index contributed by atoms with van der Waals surface area (Å²) < 4.78 is 5.22. The number of ether oxygens (including phenoxy) is 1. The molecule has 2 aromatic carbocycles. The second-order valence-corrected chi connectivity index (χ2v) is 7.98. The van der Waals surface area contributed by atoms with Gasteiger partial charge in [-0.2, -0.15) is 5.10 Å². The van der Waals surface area contributed by atoms with Gasteiger partial charge in [-0.25, -0.2) is 4.98 Å². The molecule has 8 heteroatoms. The molecule has 8 nitrogen and oxygen atoms in total. The number of H-pyrrole nitrogens is 1. The lowest BCUT2D eigenvalue weighted by Crippen LogP contribution is -2.38. The minimum atomic E-state index is -0.355. The van der Waals surface area contributed by atoms with Gasteiger partial charge in [-0.15, -0.1) is 6.58 Å². The molecule has 0 aliphatic carbocycles. The van der Waals surface area contributed by atoms with Gasteiger partial charge in [0.25, 0.3) is 5.91 Å². The van der Waals surface area contributed by atoms with Crippen LogP contribution in [0.5, 0.6) is 5.75 Å². The summed E-state index contributed by atoms with van der Waals surface area (Å²) >= 11 is 0. The fraction of sp³-hybridized carbons (Fsp3) is 0.280. The Hall–Kier alpha value is -3.94. The highest BCUT2D eigenvalue weighted by Gasteiger charge is 2.33. The molecule has 1 aliphatic rings. The van der Waals surface area contributed by atoms with E-state index < -0.39 is 0 Å². The minimum Gasteiger partial charge on any atom is -0.497 e. The Balaban J connectivity index is 1.52. The van der Waals surface area contributed by atoms with Crippen molar-refractivity contribution >= 4 is 11.8 Å². The van der Waals surface area contributed by atoms with Crippen LogP contribution in [-0.4, -0.2) is 70.1 Å². The van der Waals surface area contributed by atoms with E-state index in [9.17, 15) is 9.59 Å². The van der Waals surface area contributed by atoms with E-state index in [4.69, 9.17) is 4.74 Å². The quantitative estimate of drug-likeness (QED) is 0.565. The molecule has 0 bridgehead atoms. The van der Waals surface area contributed by atoms with Gasteiger partial charge in [-0.1, -0.05) is 42.5 Å². The third kappa shape index (κ3) is 5.11. The van der Waals surface area contributed by atoms with E-state index in [0.29, 0.717) is 32.6 Å². The number of carbonyl (C=O) groups excluding carboxylic acids is 2. The lowest BCUT2D eigenvalue weighted by molar-refractivity contribution is -0.134. The predicted octanol–water partition coefficient (Wildman–Crippen LogP) is 2.81. The van der Waals surface area contributed by atoms with Gasteiger partial charge in [0, 0.05) is 26.2 Å². The molecule has 0 unspecified atom stereocenters. The second kappa shape index (κ2) is 10.1. The van der Waals surface area contributed by atoms with Crippen molar-refractivity contribution in [1.82, 2.24) is 25.0 Å². The largest absolute Gasteiger partial charge is 0.497 e. The van der Waals surface area contributed by atoms with Crippen molar-refractivity contribution in [1.29, 1.82) is 0 Å². The van der Waals surface area contributed by atoms with Crippen LogP contribution in [0.25, 0.3) is 11.1 Å². The first-order chi connectivity index (χ1) is 16.1. The maximum Gasteiger partial charge on any atom is 0.291 e. The number of benzene rings is 2. The lowest BCUT2D eigenvalue weighted by atomic mass is 9.95. The standard InChI is InChI=1S/C25H27N5O3/c1-3-12-29-13-14-30(25(32)23-26-17-27-28-23)16-21(24(29)31)15-18-4-6-19(7-5-18)20-8-10-22(33-2)11-9-20/h3-11,17,21H,1,12-16H2,2H3,(H,26,27,28)/t21-/m0/s1. The Morgan fingerprint density at radius 2 is 1.85 bits per heavy atom. The van der Waals surface area contributed by atoms with E-state index >= 15 is 0 Å². The zero-order chi connectivity index (χ0) is 23.2. The van der Waals surface area contributed by atoms with E-state index in [1.165, 1.54) is 6.33 Å². The molecule has 2 heterocycles. The molecule has 3 aromatic rings. The normalized spacial score (nSPS) is 16.4. The SMILES string of the molecule is C=CCN1CCN(C(=O)c2ncn[nH]2)C[C@H](Cc2ccc(-c3ccc(OC)cc3)cc2)C1=O. The molecule has 1 N–H and O–H groups in total. The van der Waals surface area contributed by atoms with Crippen LogP contribution >= 0.6 is 0 Å². The Kier molecular flexibility index (Phi) is 6.83. The van der Waals surface area contributed by atoms with Gasteiger partial charge in [0.2, 0.25) is 11.7 Å². The summed E-state index contributed by atoms with van der Waals surface area (Å²) in [5.74, 6) is 0.423. The van der Waals surface area contributed by atoms with E-state index in [1.54, 1.807) is 23.0 Å². The fourth-order valence-electron chi connectivity index (χ4n) is 4.08. The van der Waals surface area contributed by atoms with Crippen molar-refractivity contribution in [2.24, 2.45) is 5.92 Å². The number of aromatic nitrogens is 3. The number of hydrogen-bond donors (Lipinski definition) is 1. The van der Waals surface area contributed by atoms with Gasteiger partial charge in [0.05, 0.1) is 13.0 Å². The van der Waals surface area contributed by atoms with E-state index in [1.807, 2.05) is 36.4 Å². The van der Waals surface area contributed by atoms with Crippen molar-refractivity contribution in [2.45, 2.75) is 6.42 Å². The number of hydrogen-bond acceptors (Lipinski definition) is 5. The first-order valence-corrected chi connectivity index (χ1v) is 10.9. The second-order valence-electron chi connectivity index (χ2n) is 7.98. The topological polar surface area (TPSA) is 91.4 Å². The maximum atomic E-state index is 13.2. The molecule has 1 aliphatic heterocycles. The highest BCUT2D eigenvalue weighted by molar-refractivity contribution is 5.91. The Bertz CT molecular complexity index is 1090. The monoisotopic (exact) mass is 445 g/mol. The number of nitrogens with zero attached hydrogens (tertiary/aromatic N) is 4. The molecule has 170 valence electrons. The van der Waals surface area contributed by atoms with Crippen LogP contribution in [-0.2, 0) is 11.2 Å². The van der Waals surface area contributed by atoms with Gasteiger partial charge < -0.3 is 14.5 Å². The summed E-state index contributed by atoms with van der Waals surface area (Å²) in [7, 11) is 1.65. The zero-order valence-electron chi connectivity index (χ0n) is 18.6. The molecular formula is C25H27N5O3. The Morgan fingerprint density at radius 3 is 2.45 bits per heavy atom. The predicted molar refractivity (Wildman–Crippen MR) is 125 cm³/mol.